The second-order valence-electron chi connectivity index (χ2n) is 6.54. The molecule has 1 aromatic carbocycles. The van der Waals surface area contributed by atoms with Crippen LogP contribution in [0.4, 0.5) is 18.9 Å². The summed E-state index contributed by atoms with van der Waals surface area (Å²) in [5.41, 5.74) is 0.495. The van der Waals surface area contributed by atoms with Crippen LogP contribution in [-0.2, 0) is 10.9 Å². The van der Waals surface area contributed by atoms with Gasteiger partial charge < -0.3 is 10.1 Å². The molecule has 0 spiro atoms. The molecule has 0 aliphatic heterocycles. The van der Waals surface area contributed by atoms with Gasteiger partial charge in [-0.1, -0.05) is 12.1 Å². The van der Waals surface area contributed by atoms with Gasteiger partial charge in [-0.3, -0.25) is 9.89 Å². The first-order valence-corrected chi connectivity index (χ1v) is 9.32. The Morgan fingerprint density at radius 1 is 1.22 bits per heavy atom. The number of H-pyrrole nitrogens is 1. The highest BCUT2D eigenvalue weighted by atomic mass is 19.4. The number of esters is 1. The number of alkyl halides is 3. The van der Waals surface area contributed by atoms with Crippen LogP contribution in [-0.4, -0.2) is 43.3 Å². The maximum absolute atomic E-state index is 12.7. The first-order chi connectivity index (χ1) is 15.3. The van der Waals surface area contributed by atoms with Crippen LogP contribution in [0.25, 0.3) is 16.9 Å². The van der Waals surface area contributed by atoms with Gasteiger partial charge in [0.15, 0.2) is 11.3 Å². The third kappa shape index (κ3) is 4.02. The zero-order valence-corrected chi connectivity index (χ0v) is 16.5. The lowest BCUT2D eigenvalue weighted by Crippen LogP contribution is -2.12. The molecule has 12 heteroatoms. The number of carbonyl (C=O) groups excluding carboxylic acids is 2. The van der Waals surface area contributed by atoms with Gasteiger partial charge in [0.1, 0.15) is 11.3 Å². The molecule has 0 fully saturated rings. The molecular weight excluding hydrogens is 429 g/mol. The first kappa shape index (κ1) is 21.0. The Morgan fingerprint density at radius 3 is 2.75 bits per heavy atom. The zero-order valence-electron chi connectivity index (χ0n) is 16.5. The van der Waals surface area contributed by atoms with E-state index >= 15 is 0 Å². The molecule has 9 nitrogen and oxygen atoms in total. The van der Waals surface area contributed by atoms with Crippen molar-refractivity contribution in [2.45, 2.75) is 13.1 Å². The average molecular weight is 444 g/mol. The van der Waals surface area contributed by atoms with Crippen molar-refractivity contribution in [3.8, 4) is 11.3 Å². The van der Waals surface area contributed by atoms with Gasteiger partial charge in [0.2, 0.25) is 0 Å². The third-order valence-electron chi connectivity index (χ3n) is 4.43. The van der Waals surface area contributed by atoms with Gasteiger partial charge in [0, 0.05) is 23.5 Å². The van der Waals surface area contributed by atoms with Gasteiger partial charge in [0.25, 0.3) is 5.91 Å². The summed E-state index contributed by atoms with van der Waals surface area (Å²) in [6.45, 7) is 1.90. The normalized spacial score (nSPS) is 11.5. The minimum atomic E-state index is -4.63. The van der Waals surface area contributed by atoms with Gasteiger partial charge in [-0.2, -0.15) is 23.4 Å². The number of nitrogens with one attached hydrogen (secondary N) is 2. The van der Waals surface area contributed by atoms with E-state index in [2.05, 4.69) is 20.5 Å². The van der Waals surface area contributed by atoms with Gasteiger partial charge >= 0.3 is 12.1 Å². The van der Waals surface area contributed by atoms with Crippen LogP contribution >= 0.6 is 0 Å². The maximum Gasteiger partial charge on any atom is 0.432 e. The average Bonchev–Trinajstić information content (AvgIpc) is 3.41. The number of benzene rings is 1. The van der Waals surface area contributed by atoms with Gasteiger partial charge in [-0.15, -0.1) is 0 Å². The SMILES string of the molecule is CCOC(=O)c1cnn2c(-c3cccc(NC(=O)c4cc(C(F)(F)F)[nH]n4)c3)ccnc12. The number of nitrogens with zero attached hydrogens (tertiary/aromatic N) is 4. The lowest BCUT2D eigenvalue weighted by atomic mass is 10.1. The van der Waals surface area contributed by atoms with Crippen LogP contribution in [0, 0.1) is 0 Å². The quantitative estimate of drug-likeness (QED) is 0.455. The molecule has 164 valence electrons. The number of amides is 1. The summed E-state index contributed by atoms with van der Waals surface area (Å²) in [4.78, 5) is 28.6. The number of hydrogen-bond donors (Lipinski definition) is 2. The highest BCUT2D eigenvalue weighted by Crippen LogP contribution is 2.28. The van der Waals surface area contributed by atoms with Crippen molar-refractivity contribution in [2.75, 3.05) is 11.9 Å². The highest BCUT2D eigenvalue weighted by Gasteiger charge is 2.33. The van der Waals surface area contributed by atoms with Crippen LogP contribution in [0.3, 0.4) is 0 Å². The largest absolute Gasteiger partial charge is 0.462 e. The van der Waals surface area contributed by atoms with E-state index in [1.54, 1.807) is 42.4 Å². The third-order valence-corrected chi connectivity index (χ3v) is 4.43. The predicted octanol–water partition coefficient (Wildman–Crippen LogP) is 3.57. The summed E-state index contributed by atoms with van der Waals surface area (Å²) in [6.07, 6.45) is -1.78. The number of halogens is 3. The van der Waals surface area contributed by atoms with Crippen LogP contribution in [0.2, 0.25) is 0 Å². The molecule has 3 heterocycles. The molecule has 4 rings (SSSR count). The Balaban J connectivity index is 1.62. The summed E-state index contributed by atoms with van der Waals surface area (Å²) in [7, 11) is 0. The summed E-state index contributed by atoms with van der Waals surface area (Å²) in [6, 6.07) is 8.87. The number of hydrogen-bond acceptors (Lipinski definition) is 6. The van der Waals surface area contributed by atoms with Crippen molar-refractivity contribution >= 4 is 23.2 Å². The van der Waals surface area contributed by atoms with Crippen molar-refractivity contribution in [2.24, 2.45) is 0 Å². The van der Waals surface area contributed by atoms with Crippen molar-refractivity contribution in [1.29, 1.82) is 0 Å². The van der Waals surface area contributed by atoms with Gasteiger partial charge in [-0.05, 0) is 25.1 Å². The van der Waals surface area contributed by atoms with E-state index in [9.17, 15) is 22.8 Å². The Bertz CT molecular complexity index is 1310. The second kappa shape index (κ2) is 8.13. The molecule has 1 amide bonds. The standard InChI is InChI=1S/C20H15F3N6O3/c1-2-32-19(31)13-10-25-29-15(6-7-24-17(13)29)11-4-3-5-12(8-11)26-18(30)14-9-16(28-27-14)20(21,22)23/h3-10H,2H2,1H3,(H,26,30)(H,27,28). The highest BCUT2D eigenvalue weighted by molar-refractivity contribution is 6.03. The fourth-order valence-corrected chi connectivity index (χ4v) is 3.00. The van der Waals surface area contributed by atoms with E-state index in [4.69, 9.17) is 4.74 Å². The number of fused-ring (bicyclic) bond motifs is 1. The molecule has 3 aromatic heterocycles. The molecule has 0 aliphatic rings. The number of rotatable bonds is 5. The maximum atomic E-state index is 12.7. The Kier molecular flexibility index (Phi) is 5.34. The molecule has 0 radical (unpaired) electrons. The number of aromatic amines is 1. The molecule has 0 unspecified atom stereocenters. The van der Waals surface area contributed by atoms with E-state index < -0.39 is 29.4 Å². The fraction of sp³-hybridized carbons (Fsp3) is 0.150. The summed E-state index contributed by atoms with van der Waals surface area (Å²) < 4.78 is 44.6. The number of ether oxygens (including phenoxy) is 1. The van der Waals surface area contributed by atoms with Crippen LogP contribution in [0.1, 0.15) is 33.5 Å². The summed E-state index contributed by atoms with van der Waals surface area (Å²) >= 11 is 0. The topological polar surface area (TPSA) is 114 Å². The molecule has 0 atom stereocenters. The smallest absolute Gasteiger partial charge is 0.432 e. The number of carbonyl (C=O) groups is 2. The van der Waals surface area contributed by atoms with Gasteiger partial charge in [0.05, 0.1) is 18.5 Å². The Labute approximate surface area is 178 Å². The monoisotopic (exact) mass is 444 g/mol. The van der Waals surface area contributed by atoms with Crippen LogP contribution < -0.4 is 5.32 Å². The number of aromatic nitrogens is 5. The molecule has 0 saturated carbocycles. The van der Waals surface area contributed by atoms with Crippen molar-refractivity contribution < 1.29 is 27.5 Å². The Morgan fingerprint density at radius 2 is 2.03 bits per heavy atom. The molecule has 4 aromatic rings. The van der Waals surface area contributed by atoms with Gasteiger partial charge in [-0.25, -0.2) is 14.3 Å². The minimum absolute atomic E-state index is 0.206. The molecule has 32 heavy (non-hydrogen) atoms. The summed E-state index contributed by atoms with van der Waals surface area (Å²) in [5.74, 6) is -1.36. The van der Waals surface area contributed by atoms with E-state index in [0.717, 1.165) is 0 Å². The zero-order chi connectivity index (χ0) is 22.9. The Hall–Kier alpha value is -4.22. The predicted molar refractivity (Wildman–Crippen MR) is 106 cm³/mol. The van der Waals surface area contributed by atoms with E-state index in [1.807, 2.05) is 0 Å². The fourth-order valence-electron chi connectivity index (χ4n) is 3.00. The summed E-state index contributed by atoms with van der Waals surface area (Å²) in [5, 5.41) is 11.9. The second-order valence-corrected chi connectivity index (χ2v) is 6.54. The lowest BCUT2D eigenvalue weighted by Gasteiger charge is -2.08. The molecule has 0 saturated heterocycles. The van der Waals surface area contributed by atoms with E-state index in [1.165, 1.54) is 16.9 Å². The van der Waals surface area contributed by atoms with Crippen LogP contribution in [0.15, 0.2) is 48.8 Å². The van der Waals surface area contributed by atoms with Crippen molar-refractivity contribution in [3.63, 3.8) is 0 Å². The lowest BCUT2D eigenvalue weighted by molar-refractivity contribution is -0.141. The van der Waals surface area contributed by atoms with Crippen molar-refractivity contribution in [1.82, 2.24) is 24.8 Å². The molecule has 0 aliphatic carbocycles. The molecular formula is C20H15F3N6O3. The minimum Gasteiger partial charge on any atom is -0.462 e. The molecule has 0 bridgehead atoms. The van der Waals surface area contributed by atoms with E-state index in [0.29, 0.717) is 28.7 Å². The number of anilines is 1. The van der Waals surface area contributed by atoms with Crippen molar-refractivity contribution in [3.05, 3.63) is 65.7 Å². The van der Waals surface area contributed by atoms with Crippen LogP contribution in [0.5, 0.6) is 0 Å². The first-order valence-electron chi connectivity index (χ1n) is 9.32. The molecule has 2 N–H and O–H groups in total. The van der Waals surface area contributed by atoms with E-state index in [-0.39, 0.29) is 12.2 Å².